The van der Waals surface area contributed by atoms with Crippen molar-refractivity contribution in [1.82, 2.24) is 14.8 Å². The Morgan fingerprint density at radius 1 is 1.54 bits per heavy atom. The third-order valence-electron chi connectivity index (χ3n) is 1.95. The number of ether oxygens (including phenoxy) is 1. The van der Waals surface area contributed by atoms with E-state index in [1.54, 1.807) is 13.3 Å². The van der Waals surface area contributed by atoms with Crippen LogP contribution in [0.4, 0.5) is 0 Å². The smallest absolute Gasteiger partial charge is 0.213 e. The molecule has 0 aromatic carbocycles. The van der Waals surface area contributed by atoms with Crippen molar-refractivity contribution in [3.05, 3.63) is 18.5 Å². The molecule has 2 aromatic rings. The molecule has 13 heavy (non-hydrogen) atoms. The lowest BCUT2D eigenvalue weighted by Gasteiger charge is -1.95. The van der Waals surface area contributed by atoms with Crippen LogP contribution >= 0.6 is 0 Å². The third kappa shape index (κ3) is 1.35. The lowest BCUT2D eigenvalue weighted by atomic mass is 10.3. The van der Waals surface area contributed by atoms with Gasteiger partial charge in [-0.25, -0.2) is 4.98 Å². The minimum atomic E-state index is 0.628. The highest BCUT2D eigenvalue weighted by Crippen LogP contribution is 2.15. The number of hydrogen-bond acceptors (Lipinski definition) is 3. The Kier molecular flexibility index (Phi) is 1.88. The fourth-order valence-electron chi connectivity index (χ4n) is 1.23. The van der Waals surface area contributed by atoms with Gasteiger partial charge < -0.3 is 4.74 Å². The first-order valence-electron chi connectivity index (χ1n) is 4.20. The van der Waals surface area contributed by atoms with E-state index in [-0.39, 0.29) is 0 Å². The molecule has 0 bridgehead atoms. The van der Waals surface area contributed by atoms with Crippen LogP contribution in [0.25, 0.3) is 10.9 Å². The largest absolute Gasteiger partial charge is 0.481 e. The summed E-state index contributed by atoms with van der Waals surface area (Å²) in [4.78, 5) is 4.07. The molecule has 0 fully saturated rings. The average molecular weight is 177 g/mol. The zero-order chi connectivity index (χ0) is 9.26. The van der Waals surface area contributed by atoms with Gasteiger partial charge in [-0.15, -0.1) is 0 Å². The van der Waals surface area contributed by atoms with Crippen molar-refractivity contribution in [2.24, 2.45) is 0 Å². The summed E-state index contributed by atoms with van der Waals surface area (Å²) >= 11 is 0. The summed E-state index contributed by atoms with van der Waals surface area (Å²) in [5, 5.41) is 5.37. The van der Waals surface area contributed by atoms with Gasteiger partial charge in [-0.2, -0.15) is 5.10 Å². The van der Waals surface area contributed by atoms with Gasteiger partial charge in [0.15, 0.2) is 0 Å². The number of pyridine rings is 1. The first-order valence-corrected chi connectivity index (χ1v) is 4.20. The number of fused-ring (bicyclic) bond motifs is 1. The highest BCUT2D eigenvalue weighted by Gasteiger charge is 2.01. The normalized spacial score (nSPS) is 10.6. The van der Waals surface area contributed by atoms with E-state index >= 15 is 0 Å². The predicted octanol–water partition coefficient (Wildman–Crippen LogP) is 1.46. The fraction of sp³-hybridized carbons (Fsp3) is 0.333. The van der Waals surface area contributed by atoms with Gasteiger partial charge in [0.25, 0.3) is 0 Å². The molecule has 2 heterocycles. The molecule has 0 spiro atoms. The number of methoxy groups -OCH3 is 1. The standard InChI is InChI=1S/C9H11N3O/c1-3-12-6-7-4-9(13-2)10-5-8(7)11-12/h4-6H,3H2,1-2H3. The van der Waals surface area contributed by atoms with Gasteiger partial charge in [0, 0.05) is 24.2 Å². The highest BCUT2D eigenvalue weighted by atomic mass is 16.5. The van der Waals surface area contributed by atoms with Crippen LogP contribution in [0.3, 0.4) is 0 Å². The monoisotopic (exact) mass is 177 g/mol. The van der Waals surface area contributed by atoms with E-state index in [4.69, 9.17) is 4.74 Å². The van der Waals surface area contributed by atoms with Crippen LogP contribution < -0.4 is 4.74 Å². The summed E-state index contributed by atoms with van der Waals surface area (Å²) in [6, 6.07) is 1.88. The van der Waals surface area contributed by atoms with E-state index in [1.165, 1.54) is 0 Å². The molecule has 2 aromatic heterocycles. The Morgan fingerprint density at radius 2 is 2.38 bits per heavy atom. The van der Waals surface area contributed by atoms with Crippen LogP contribution in [0.1, 0.15) is 6.92 Å². The fourth-order valence-corrected chi connectivity index (χ4v) is 1.23. The molecular formula is C9H11N3O. The van der Waals surface area contributed by atoms with E-state index in [2.05, 4.69) is 17.0 Å². The van der Waals surface area contributed by atoms with E-state index in [0.717, 1.165) is 17.4 Å². The summed E-state index contributed by atoms with van der Waals surface area (Å²) in [6.45, 7) is 2.92. The number of hydrogen-bond donors (Lipinski definition) is 0. The van der Waals surface area contributed by atoms with E-state index < -0.39 is 0 Å². The molecule has 68 valence electrons. The Bertz CT molecular complexity index is 420. The second-order valence-electron chi connectivity index (χ2n) is 2.77. The van der Waals surface area contributed by atoms with Gasteiger partial charge in [-0.3, -0.25) is 4.68 Å². The first kappa shape index (κ1) is 8.04. The SMILES string of the molecule is CCn1cc2cc(OC)ncc2n1. The van der Waals surface area contributed by atoms with E-state index in [1.807, 2.05) is 16.9 Å². The van der Waals surface area contributed by atoms with Crippen LogP contribution in [-0.2, 0) is 6.54 Å². The maximum atomic E-state index is 5.02. The molecule has 0 saturated heterocycles. The zero-order valence-electron chi connectivity index (χ0n) is 7.69. The molecule has 0 amide bonds. The highest BCUT2D eigenvalue weighted by molar-refractivity contribution is 5.77. The molecule has 2 rings (SSSR count). The molecule has 0 aliphatic rings. The summed E-state index contributed by atoms with van der Waals surface area (Å²) in [7, 11) is 1.61. The molecular weight excluding hydrogens is 166 g/mol. The number of aromatic nitrogens is 3. The number of nitrogens with zero attached hydrogens (tertiary/aromatic N) is 3. The molecule has 0 unspecified atom stereocenters. The maximum Gasteiger partial charge on any atom is 0.213 e. The molecule has 0 N–H and O–H groups in total. The second kappa shape index (κ2) is 3.05. The van der Waals surface area contributed by atoms with Crippen LogP contribution in [0.5, 0.6) is 5.88 Å². The lowest BCUT2D eigenvalue weighted by molar-refractivity contribution is 0.399. The van der Waals surface area contributed by atoms with Gasteiger partial charge in [0.2, 0.25) is 5.88 Å². The summed E-state index contributed by atoms with van der Waals surface area (Å²) in [5.41, 5.74) is 0.905. The summed E-state index contributed by atoms with van der Waals surface area (Å²) in [6.07, 6.45) is 3.71. The lowest BCUT2D eigenvalue weighted by Crippen LogP contribution is -1.92. The molecule has 0 atom stereocenters. The summed E-state index contributed by atoms with van der Waals surface area (Å²) < 4.78 is 6.90. The molecule has 0 aliphatic carbocycles. The zero-order valence-corrected chi connectivity index (χ0v) is 7.69. The van der Waals surface area contributed by atoms with E-state index in [0.29, 0.717) is 5.88 Å². The van der Waals surface area contributed by atoms with Gasteiger partial charge in [-0.05, 0) is 6.92 Å². The molecule has 4 heteroatoms. The topological polar surface area (TPSA) is 39.9 Å². The Morgan fingerprint density at radius 3 is 3.08 bits per heavy atom. The third-order valence-corrected chi connectivity index (χ3v) is 1.95. The molecule has 0 radical (unpaired) electrons. The van der Waals surface area contributed by atoms with Gasteiger partial charge in [0.05, 0.1) is 13.3 Å². The van der Waals surface area contributed by atoms with Gasteiger partial charge >= 0.3 is 0 Å². The number of aryl methyl sites for hydroxylation is 1. The van der Waals surface area contributed by atoms with Gasteiger partial charge in [0.1, 0.15) is 5.52 Å². The van der Waals surface area contributed by atoms with E-state index in [9.17, 15) is 0 Å². The van der Waals surface area contributed by atoms with Crippen LogP contribution in [-0.4, -0.2) is 21.9 Å². The first-order chi connectivity index (χ1) is 6.33. The second-order valence-corrected chi connectivity index (χ2v) is 2.77. The van der Waals surface area contributed by atoms with Crippen molar-refractivity contribution in [3.8, 4) is 5.88 Å². The van der Waals surface area contributed by atoms with Crippen molar-refractivity contribution < 1.29 is 4.74 Å². The van der Waals surface area contributed by atoms with Crippen molar-refractivity contribution in [2.45, 2.75) is 13.5 Å². The Hall–Kier alpha value is -1.58. The summed E-state index contributed by atoms with van der Waals surface area (Å²) in [5.74, 6) is 0.628. The molecule has 0 aliphatic heterocycles. The Balaban J connectivity index is 2.57. The Labute approximate surface area is 76.1 Å². The predicted molar refractivity (Wildman–Crippen MR) is 49.8 cm³/mol. The minimum Gasteiger partial charge on any atom is -0.481 e. The minimum absolute atomic E-state index is 0.628. The quantitative estimate of drug-likeness (QED) is 0.697. The van der Waals surface area contributed by atoms with Gasteiger partial charge in [-0.1, -0.05) is 0 Å². The van der Waals surface area contributed by atoms with Crippen molar-refractivity contribution in [1.29, 1.82) is 0 Å². The molecule has 0 saturated carbocycles. The van der Waals surface area contributed by atoms with Crippen molar-refractivity contribution in [3.63, 3.8) is 0 Å². The number of rotatable bonds is 2. The van der Waals surface area contributed by atoms with Crippen LogP contribution in [0.15, 0.2) is 18.5 Å². The molecule has 4 nitrogen and oxygen atoms in total. The van der Waals surface area contributed by atoms with Crippen LogP contribution in [0.2, 0.25) is 0 Å². The van der Waals surface area contributed by atoms with Crippen molar-refractivity contribution >= 4 is 10.9 Å². The maximum absolute atomic E-state index is 5.02. The van der Waals surface area contributed by atoms with Crippen molar-refractivity contribution in [2.75, 3.05) is 7.11 Å². The van der Waals surface area contributed by atoms with Crippen LogP contribution in [0, 0.1) is 0 Å². The average Bonchev–Trinajstić information content (AvgIpc) is 2.58.